The highest BCUT2D eigenvalue weighted by Gasteiger charge is 2.40. The standard InChI is InChI=1S/C59H56N6O5/c66-55(61-43-58(34-18-35-58)47-21-8-2-9-22-47)40-64(38-45-30-32-53(33-31-45)69-42-51-29-16-17-36-60-51)56(67)54(63-57(68)70-41-46-19-6-1-7-20-46)37-52-39-65(44-62-52)59(48-23-10-3-11-24-48,49-25-12-4-13-26-49)50-27-14-5-15-28-50/h1-17,19-33,36,39,44,54H,18,34-35,37-38,40-43H2,(H,61,66)(H,63,68)/t54-/m0/s1. The molecule has 0 spiro atoms. The second kappa shape index (κ2) is 22.2. The van der Waals surface area contributed by atoms with Crippen LogP contribution in [0.25, 0.3) is 0 Å². The lowest BCUT2D eigenvalue weighted by atomic mass is 9.64. The molecule has 2 heterocycles. The molecule has 1 aliphatic rings. The van der Waals surface area contributed by atoms with Crippen LogP contribution >= 0.6 is 0 Å². The lowest BCUT2D eigenvalue weighted by Crippen LogP contribution is -2.53. The van der Waals surface area contributed by atoms with Crippen LogP contribution in [0, 0.1) is 0 Å². The SMILES string of the molecule is O=C(CN(Cc1ccc(OCc2ccccn2)cc1)C(=O)[C@H](Cc1cn(C(c2ccccc2)(c2ccccc2)c2ccccc2)cn1)NC(=O)OCc1ccccc1)NCC1(c2ccccc2)CCC1. The maximum atomic E-state index is 15.3. The van der Waals surface area contributed by atoms with Gasteiger partial charge in [-0.05, 0) is 70.5 Å². The van der Waals surface area contributed by atoms with E-state index in [1.54, 1.807) is 12.5 Å². The minimum absolute atomic E-state index is 0.00000315. The van der Waals surface area contributed by atoms with Crippen molar-refractivity contribution in [3.63, 3.8) is 0 Å². The highest BCUT2D eigenvalue weighted by molar-refractivity contribution is 5.90. The van der Waals surface area contributed by atoms with E-state index in [-0.39, 0.29) is 37.4 Å². The lowest BCUT2D eigenvalue weighted by Gasteiger charge is -2.42. The van der Waals surface area contributed by atoms with Crippen LogP contribution in [0.5, 0.6) is 5.75 Å². The molecule has 1 fully saturated rings. The van der Waals surface area contributed by atoms with Gasteiger partial charge in [-0.15, -0.1) is 0 Å². The summed E-state index contributed by atoms with van der Waals surface area (Å²) in [5.74, 6) is -0.150. The summed E-state index contributed by atoms with van der Waals surface area (Å²) < 4.78 is 13.8. The summed E-state index contributed by atoms with van der Waals surface area (Å²) in [7, 11) is 0. The number of ether oxygens (including phenoxy) is 2. The number of amides is 3. The van der Waals surface area contributed by atoms with Crippen molar-refractivity contribution in [1.82, 2.24) is 30.1 Å². The molecule has 0 bridgehead atoms. The van der Waals surface area contributed by atoms with Crippen molar-refractivity contribution in [2.75, 3.05) is 13.1 Å². The first-order chi connectivity index (χ1) is 34.4. The van der Waals surface area contributed by atoms with Gasteiger partial charge in [0.2, 0.25) is 11.8 Å². The van der Waals surface area contributed by atoms with E-state index in [1.165, 1.54) is 10.5 Å². The molecule has 1 atom stereocenters. The molecule has 9 rings (SSSR count). The summed E-state index contributed by atoms with van der Waals surface area (Å²) in [5, 5.41) is 6.08. The van der Waals surface area contributed by atoms with E-state index in [4.69, 9.17) is 14.5 Å². The number of hydrogen-bond acceptors (Lipinski definition) is 7. The highest BCUT2D eigenvalue weighted by Crippen LogP contribution is 2.43. The Bertz CT molecular complexity index is 2820. The fourth-order valence-corrected chi connectivity index (χ4v) is 9.40. The van der Waals surface area contributed by atoms with Crippen LogP contribution in [-0.2, 0) is 51.5 Å². The number of carbonyl (C=O) groups is 3. The van der Waals surface area contributed by atoms with Gasteiger partial charge in [0.1, 0.15) is 30.5 Å². The van der Waals surface area contributed by atoms with Gasteiger partial charge in [-0.3, -0.25) is 14.6 Å². The molecule has 1 saturated carbocycles. The Morgan fingerprint density at radius 1 is 0.643 bits per heavy atom. The number of carbonyl (C=O) groups excluding carboxylic acids is 3. The molecule has 0 aliphatic heterocycles. The molecule has 0 unspecified atom stereocenters. The van der Waals surface area contributed by atoms with Crippen LogP contribution in [0.1, 0.15) is 64.0 Å². The Balaban J connectivity index is 1.03. The van der Waals surface area contributed by atoms with Gasteiger partial charge in [0.15, 0.2) is 0 Å². The first-order valence-electron chi connectivity index (χ1n) is 23.8. The molecule has 6 aromatic carbocycles. The van der Waals surface area contributed by atoms with Gasteiger partial charge in [-0.1, -0.05) is 176 Å². The topological polar surface area (TPSA) is 128 Å². The molecule has 11 nitrogen and oxygen atoms in total. The van der Waals surface area contributed by atoms with Crippen LogP contribution < -0.4 is 15.4 Å². The van der Waals surface area contributed by atoms with Gasteiger partial charge < -0.3 is 29.6 Å². The molecular weight excluding hydrogens is 873 g/mol. The first-order valence-corrected chi connectivity index (χ1v) is 23.8. The van der Waals surface area contributed by atoms with Gasteiger partial charge in [-0.2, -0.15) is 0 Å². The third-order valence-electron chi connectivity index (χ3n) is 13.2. The van der Waals surface area contributed by atoms with Crippen LogP contribution in [0.3, 0.4) is 0 Å². The average Bonchev–Trinajstić information content (AvgIpc) is 3.87. The molecule has 11 heteroatoms. The van der Waals surface area contributed by atoms with E-state index in [2.05, 4.69) is 68.7 Å². The molecule has 3 amide bonds. The largest absolute Gasteiger partial charge is 0.487 e. The summed E-state index contributed by atoms with van der Waals surface area (Å²) in [6, 6.07) is 62.3. The number of alkyl carbamates (subject to hydrolysis) is 1. The molecule has 0 radical (unpaired) electrons. The van der Waals surface area contributed by atoms with Gasteiger partial charge >= 0.3 is 6.09 Å². The predicted octanol–water partition coefficient (Wildman–Crippen LogP) is 9.80. The average molecular weight is 929 g/mol. The Morgan fingerprint density at radius 3 is 1.80 bits per heavy atom. The van der Waals surface area contributed by atoms with Crippen LogP contribution in [0.15, 0.2) is 213 Å². The summed E-state index contributed by atoms with van der Waals surface area (Å²) in [6.45, 7) is 0.549. The Kier molecular flexibility index (Phi) is 14.8. The first kappa shape index (κ1) is 46.8. The molecule has 2 aromatic heterocycles. The smallest absolute Gasteiger partial charge is 0.408 e. The summed E-state index contributed by atoms with van der Waals surface area (Å²) in [6.07, 6.45) is 7.65. The normalized spacial score (nSPS) is 13.3. The van der Waals surface area contributed by atoms with Crippen molar-refractivity contribution < 1.29 is 23.9 Å². The second-order valence-electron chi connectivity index (χ2n) is 17.8. The van der Waals surface area contributed by atoms with Crippen LogP contribution in [-0.4, -0.2) is 56.5 Å². The monoisotopic (exact) mass is 928 g/mol. The number of nitrogens with one attached hydrogen (secondary N) is 2. The van der Waals surface area contributed by atoms with Gasteiger partial charge in [0.05, 0.1) is 24.3 Å². The van der Waals surface area contributed by atoms with Crippen LogP contribution in [0.4, 0.5) is 4.79 Å². The van der Waals surface area contributed by atoms with Crippen molar-refractivity contribution in [2.45, 2.75) is 62.4 Å². The third-order valence-corrected chi connectivity index (χ3v) is 13.2. The molecule has 1 aliphatic carbocycles. The van der Waals surface area contributed by atoms with Crippen LogP contribution in [0.2, 0.25) is 0 Å². The van der Waals surface area contributed by atoms with E-state index >= 15 is 4.79 Å². The highest BCUT2D eigenvalue weighted by atomic mass is 16.5. The van der Waals surface area contributed by atoms with Gasteiger partial charge in [0, 0.05) is 37.3 Å². The minimum atomic E-state index is -1.18. The van der Waals surface area contributed by atoms with Crippen molar-refractivity contribution in [3.05, 3.63) is 258 Å². The zero-order valence-corrected chi connectivity index (χ0v) is 39.0. The van der Waals surface area contributed by atoms with Crippen molar-refractivity contribution in [1.29, 1.82) is 0 Å². The second-order valence-corrected chi connectivity index (χ2v) is 17.8. The zero-order chi connectivity index (χ0) is 48.0. The molecule has 0 saturated heterocycles. The van der Waals surface area contributed by atoms with Crippen molar-refractivity contribution in [2.24, 2.45) is 0 Å². The van der Waals surface area contributed by atoms with Gasteiger partial charge in [0.25, 0.3) is 0 Å². The Labute approximate surface area is 409 Å². The maximum absolute atomic E-state index is 15.3. The Hall–Kier alpha value is -8.31. The Morgan fingerprint density at radius 2 is 1.23 bits per heavy atom. The van der Waals surface area contributed by atoms with E-state index in [0.717, 1.165) is 52.8 Å². The zero-order valence-electron chi connectivity index (χ0n) is 39.0. The third kappa shape index (κ3) is 11.0. The molecule has 2 N–H and O–H groups in total. The van der Waals surface area contributed by atoms with E-state index in [1.807, 2.05) is 152 Å². The fraction of sp³-hybridized carbons (Fsp3) is 0.203. The molecular formula is C59H56N6O5. The number of imidazole rings is 1. The number of benzene rings is 6. The lowest BCUT2D eigenvalue weighted by molar-refractivity contribution is -0.138. The number of rotatable bonds is 20. The maximum Gasteiger partial charge on any atom is 0.408 e. The predicted molar refractivity (Wildman–Crippen MR) is 269 cm³/mol. The molecule has 8 aromatic rings. The number of aromatic nitrogens is 3. The number of hydrogen-bond donors (Lipinski definition) is 2. The molecule has 70 heavy (non-hydrogen) atoms. The van der Waals surface area contributed by atoms with E-state index in [9.17, 15) is 9.59 Å². The summed E-state index contributed by atoms with van der Waals surface area (Å²) >= 11 is 0. The molecule has 352 valence electrons. The van der Waals surface area contributed by atoms with E-state index < -0.39 is 23.6 Å². The van der Waals surface area contributed by atoms with Gasteiger partial charge in [-0.25, -0.2) is 9.78 Å². The van der Waals surface area contributed by atoms with Crippen molar-refractivity contribution in [3.8, 4) is 5.75 Å². The number of nitrogens with zero attached hydrogens (tertiary/aromatic N) is 4. The number of pyridine rings is 1. The minimum Gasteiger partial charge on any atom is -0.487 e. The quantitative estimate of drug-likeness (QED) is 0.0729. The summed E-state index contributed by atoms with van der Waals surface area (Å²) in [5.41, 5.74) is 6.08. The summed E-state index contributed by atoms with van der Waals surface area (Å²) in [4.78, 5) is 54.0. The van der Waals surface area contributed by atoms with E-state index in [0.29, 0.717) is 24.6 Å². The fourth-order valence-electron chi connectivity index (χ4n) is 9.40. The van der Waals surface area contributed by atoms with Crippen molar-refractivity contribution >= 4 is 17.9 Å².